The summed E-state index contributed by atoms with van der Waals surface area (Å²) in [7, 11) is -4.33. The molecule has 3 aromatic rings. The van der Waals surface area contributed by atoms with Crippen LogP contribution in [0.15, 0.2) is 71.8 Å². The van der Waals surface area contributed by atoms with Crippen molar-refractivity contribution in [2.24, 2.45) is 5.73 Å². The van der Waals surface area contributed by atoms with E-state index < -0.39 is 34.3 Å². The molecule has 40 heavy (non-hydrogen) atoms. The van der Waals surface area contributed by atoms with Gasteiger partial charge in [-0.2, -0.15) is 0 Å². The average molecular weight is 568 g/mol. The zero-order chi connectivity index (χ0) is 29.3. The van der Waals surface area contributed by atoms with Gasteiger partial charge in [-0.3, -0.25) is 24.5 Å². The first-order chi connectivity index (χ1) is 19.1. The number of hydrogen-bond acceptors (Lipinski definition) is 9. The lowest BCUT2D eigenvalue weighted by Gasteiger charge is -2.18. The van der Waals surface area contributed by atoms with Crippen LogP contribution in [0, 0.1) is 0 Å². The Bertz CT molecular complexity index is 1490. The summed E-state index contributed by atoms with van der Waals surface area (Å²) in [6.07, 6.45) is 0.980. The lowest BCUT2D eigenvalue weighted by atomic mass is 10.2. The number of aromatic nitrogens is 1. The highest BCUT2D eigenvalue weighted by molar-refractivity contribution is 7.90. The average Bonchev–Trinajstić information content (AvgIpc) is 2.96. The van der Waals surface area contributed by atoms with E-state index in [9.17, 15) is 27.6 Å². The van der Waals surface area contributed by atoms with Gasteiger partial charge in [-0.25, -0.2) is 18.1 Å². The minimum absolute atomic E-state index is 0.00440. The second-order valence-corrected chi connectivity index (χ2v) is 10.0. The third kappa shape index (κ3) is 7.48. The largest absolute Gasteiger partial charge is 0.486 e. The number of amides is 4. The van der Waals surface area contributed by atoms with Crippen molar-refractivity contribution in [2.75, 3.05) is 19.6 Å². The number of rotatable bonds is 11. The number of pyridine rings is 1. The fourth-order valence-corrected chi connectivity index (χ4v) is 4.51. The summed E-state index contributed by atoms with van der Waals surface area (Å²) in [5, 5.41) is 2.05. The number of carbonyl (C=O) groups is 4. The molecule has 0 saturated carbocycles. The van der Waals surface area contributed by atoms with Gasteiger partial charge in [-0.05, 0) is 49.7 Å². The van der Waals surface area contributed by atoms with Crippen molar-refractivity contribution >= 4 is 33.7 Å². The lowest BCUT2D eigenvalue weighted by molar-refractivity contribution is -0.118. The maximum absolute atomic E-state index is 12.9. The summed E-state index contributed by atoms with van der Waals surface area (Å²) in [5.41, 5.74) is 5.77. The minimum Gasteiger partial charge on any atom is -0.486 e. The highest BCUT2D eigenvalue weighted by atomic mass is 32.2. The molecule has 12 nitrogen and oxygen atoms in total. The molecule has 0 saturated heterocycles. The van der Waals surface area contributed by atoms with Gasteiger partial charge in [0.2, 0.25) is 5.91 Å². The predicted octanol–water partition coefficient (Wildman–Crippen LogP) is 1.48. The molecule has 0 fully saturated rings. The molecule has 1 aromatic heterocycles. The second kappa shape index (κ2) is 13.4. The molecule has 210 valence electrons. The van der Waals surface area contributed by atoms with Crippen molar-refractivity contribution in [3.05, 3.63) is 89.2 Å². The smallest absolute Gasteiger partial charge is 0.280 e. The molecule has 0 aliphatic heterocycles. The van der Waals surface area contributed by atoms with Crippen molar-refractivity contribution in [3.8, 4) is 5.75 Å². The van der Waals surface area contributed by atoms with Gasteiger partial charge in [0.25, 0.3) is 27.7 Å². The number of imide groups is 1. The maximum Gasteiger partial charge on any atom is 0.280 e. The Morgan fingerprint density at radius 2 is 1.57 bits per heavy atom. The van der Waals surface area contributed by atoms with Crippen LogP contribution in [0.5, 0.6) is 5.75 Å². The van der Waals surface area contributed by atoms with Gasteiger partial charge < -0.3 is 15.4 Å². The Labute approximate surface area is 231 Å². The number of sulfonamides is 1. The molecule has 0 bridgehead atoms. The summed E-state index contributed by atoms with van der Waals surface area (Å²) in [4.78, 5) is 54.8. The zero-order valence-corrected chi connectivity index (χ0v) is 22.7. The normalized spacial score (nSPS) is 10.9. The Kier molecular flexibility index (Phi) is 10.1. The number of nitrogens with two attached hydrogens (primary N) is 1. The van der Waals surface area contributed by atoms with Crippen LogP contribution >= 0.6 is 0 Å². The number of benzene rings is 2. The monoisotopic (exact) mass is 567 g/mol. The molecule has 0 spiro atoms. The number of nitrogens with one attached hydrogen (secondary N) is 2. The first-order valence-electron chi connectivity index (χ1n) is 12.3. The van der Waals surface area contributed by atoms with Crippen LogP contribution in [0.3, 0.4) is 0 Å². The molecule has 0 unspecified atom stereocenters. The molecule has 0 radical (unpaired) electrons. The van der Waals surface area contributed by atoms with Crippen molar-refractivity contribution in [3.63, 3.8) is 0 Å². The third-order valence-corrected chi connectivity index (χ3v) is 7.04. The van der Waals surface area contributed by atoms with Gasteiger partial charge in [-0.1, -0.05) is 30.3 Å². The fraction of sp³-hybridized carbons (Fsp3) is 0.222. The first kappa shape index (κ1) is 29.9. The van der Waals surface area contributed by atoms with E-state index >= 15 is 0 Å². The Balaban J connectivity index is 1.83. The second-order valence-electron chi connectivity index (χ2n) is 8.36. The van der Waals surface area contributed by atoms with Gasteiger partial charge in [0.1, 0.15) is 6.61 Å². The Morgan fingerprint density at radius 1 is 0.925 bits per heavy atom. The van der Waals surface area contributed by atoms with Crippen LogP contribution in [-0.4, -0.2) is 61.6 Å². The van der Waals surface area contributed by atoms with Gasteiger partial charge in [0.05, 0.1) is 17.0 Å². The first-order valence-corrected chi connectivity index (χ1v) is 13.7. The molecule has 0 atom stereocenters. The van der Waals surface area contributed by atoms with E-state index in [4.69, 9.17) is 10.5 Å². The van der Waals surface area contributed by atoms with Crippen molar-refractivity contribution in [1.29, 1.82) is 0 Å². The predicted molar refractivity (Wildman–Crippen MR) is 145 cm³/mol. The molecule has 0 aliphatic carbocycles. The zero-order valence-electron chi connectivity index (χ0n) is 21.9. The van der Waals surface area contributed by atoms with E-state index in [0.717, 1.165) is 17.8 Å². The van der Waals surface area contributed by atoms with Gasteiger partial charge in [-0.15, -0.1) is 0 Å². The topological polar surface area (TPSA) is 178 Å². The van der Waals surface area contributed by atoms with Crippen LogP contribution in [0.1, 0.15) is 50.6 Å². The highest BCUT2D eigenvalue weighted by Crippen LogP contribution is 2.21. The van der Waals surface area contributed by atoms with Crippen molar-refractivity contribution in [1.82, 2.24) is 19.9 Å². The van der Waals surface area contributed by atoms with Gasteiger partial charge in [0.15, 0.2) is 11.4 Å². The van der Waals surface area contributed by atoms with Crippen LogP contribution < -0.4 is 20.5 Å². The number of hydrogen-bond donors (Lipinski definition) is 3. The maximum atomic E-state index is 12.9. The lowest BCUT2D eigenvalue weighted by Crippen LogP contribution is -2.36. The van der Waals surface area contributed by atoms with Crippen molar-refractivity contribution in [2.45, 2.75) is 25.3 Å². The van der Waals surface area contributed by atoms with E-state index in [1.54, 1.807) is 29.2 Å². The van der Waals surface area contributed by atoms with Crippen LogP contribution in [0.25, 0.3) is 0 Å². The fourth-order valence-electron chi connectivity index (χ4n) is 3.53. The standard InChI is InChI=1S/C27H29N5O7S/c1-3-32(4-2)27(36)19-10-12-21(13-11-19)40(37,38)31-25(34)20-14-22(39-17-18-8-6-5-7-9-18)24(29-16-20)26(35)30-23(33)15-28/h5-14,16H,3-4,15,17,28H2,1-2H3,(H,31,34)(H,30,33,35). The van der Waals surface area contributed by atoms with E-state index in [2.05, 4.69) is 10.3 Å². The van der Waals surface area contributed by atoms with E-state index in [1.165, 1.54) is 24.3 Å². The molecular formula is C27H29N5O7S. The van der Waals surface area contributed by atoms with Crippen LogP contribution in [0.2, 0.25) is 0 Å². The van der Waals surface area contributed by atoms with E-state index in [-0.39, 0.29) is 34.4 Å². The molecule has 2 aromatic carbocycles. The van der Waals surface area contributed by atoms with Gasteiger partial charge >= 0.3 is 0 Å². The number of nitrogens with zero attached hydrogens (tertiary/aromatic N) is 2. The molecule has 0 aliphatic rings. The summed E-state index contributed by atoms with van der Waals surface area (Å²) in [5.74, 6) is -3.10. The van der Waals surface area contributed by atoms with Gasteiger partial charge in [0, 0.05) is 24.8 Å². The Morgan fingerprint density at radius 3 is 2.17 bits per heavy atom. The molecule has 3 rings (SSSR count). The number of ether oxygens (including phenoxy) is 1. The molecular weight excluding hydrogens is 538 g/mol. The summed E-state index contributed by atoms with van der Waals surface area (Å²) < 4.78 is 33.4. The van der Waals surface area contributed by atoms with Crippen molar-refractivity contribution < 1.29 is 32.3 Å². The highest BCUT2D eigenvalue weighted by Gasteiger charge is 2.23. The molecule has 4 amide bonds. The Hall–Kier alpha value is -4.62. The molecule has 13 heteroatoms. The third-order valence-electron chi connectivity index (χ3n) is 5.69. The van der Waals surface area contributed by atoms with Crippen LogP contribution in [-0.2, 0) is 21.4 Å². The minimum atomic E-state index is -4.33. The SMILES string of the molecule is CCN(CC)C(=O)c1ccc(S(=O)(=O)NC(=O)c2cnc(C(=O)NC(=O)CN)c(OCc3ccccc3)c2)cc1. The summed E-state index contributed by atoms with van der Waals surface area (Å²) >= 11 is 0. The van der Waals surface area contributed by atoms with E-state index in [1.807, 2.05) is 24.6 Å². The van der Waals surface area contributed by atoms with Crippen LogP contribution in [0.4, 0.5) is 0 Å². The quantitative estimate of drug-likeness (QED) is 0.309. The molecule has 1 heterocycles. The summed E-state index contributed by atoms with van der Waals surface area (Å²) in [6.45, 7) is 4.23. The molecule has 4 N–H and O–H groups in total. The summed E-state index contributed by atoms with van der Waals surface area (Å²) in [6, 6.07) is 15.3. The number of carbonyl (C=O) groups excluding carboxylic acids is 4. The van der Waals surface area contributed by atoms with E-state index in [0.29, 0.717) is 18.7 Å².